The first-order valence-corrected chi connectivity index (χ1v) is 5.81. The summed E-state index contributed by atoms with van der Waals surface area (Å²) in [6.07, 6.45) is 3.50. The molecule has 3 heteroatoms. The van der Waals surface area contributed by atoms with Gasteiger partial charge < -0.3 is 10.2 Å². The van der Waals surface area contributed by atoms with Crippen molar-refractivity contribution >= 4 is 11.5 Å². The van der Waals surface area contributed by atoms with Gasteiger partial charge in [-0.1, -0.05) is 25.1 Å². The van der Waals surface area contributed by atoms with Crippen molar-refractivity contribution in [2.24, 2.45) is 11.8 Å². The predicted molar refractivity (Wildman–Crippen MR) is 65.6 cm³/mol. The van der Waals surface area contributed by atoms with E-state index in [0.29, 0.717) is 6.42 Å². The smallest absolute Gasteiger partial charge is 0.307 e. The Balaban J connectivity index is 2.22. The summed E-state index contributed by atoms with van der Waals surface area (Å²) in [5.41, 5.74) is 2.24. The number of carbonyl (C=O) groups is 1. The van der Waals surface area contributed by atoms with Crippen molar-refractivity contribution in [2.75, 3.05) is 0 Å². The third-order valence-electron chi connectivity index (χ3n) is 3.38. The quantitative estimate of drug-likeness (QED) is 0.824. The van der Waals surface area contributed by atoms with Crippen LogP contribution >= 0.6 is 0 Å². The molecule has 2 N–H and O–H groups in total. The highest BCUT2D eigenvalue weighted by atomic mass is 16.4. The SMILES string of the molecule is C[C@H]1C=C(c2ccc(O)cc2)CC[C@H]1C(=O)O. The van der Waals surface area contributed by atoms with Gasteiger partial charge in [-0.05, 0) is 42.0 Å². The number of rotatable bonds is 2. The third kappa shape index (κ3) is 2.49. The molecule has 0 amide bonds. The molecular weight excluding hydrogens is 216 g/mol. The Labute approximate surface area is 100 Å². The molecule has 2 atom stereocenters. The van der Waals surface area contributed by atoms with Crippen LogP contribution in [0.25, 0.3) is 5.57 Å². The maximum absolute atomic E-state index is 11.0. The molecule has 0 saturated heterocycles. The first-order valence-electron chi connectivity index (χ1n) is 5.81. The normalized spacial score (nSPS) is 24.2. The lowest BCUT2D eigenvalue weighted by Crippen LogP contribution is -2.23. The van der Waals surface area contributed by atoms with Crippen LogP contribution < -0.4 is 0 Å². The molecule has 0 aliphatic heterocycles. The zero-order valence-corrected chi connectivity index (χ0v) is 9.76. The number of phenolic OH excluding ortho intramolecular Hbond substituents is 1. The van der Waals surface area contributed by atoms with E-state index >= 15 is 0 Å². The first-order chi connectivity index (χ1) is 8.08. The zero-order chi connectivity index (χ0) is 12.4. The molecule has 1 aliphatic carbocycles. The molecule has 2 rings (SSSR count). The predicted octanol–water partition coefficient (Wildman–Crippen LogP) is 2.91. The fourth-order valence-electron chi connectivity index (χ4n) is 2.36. The molecule has 1 aromatic carbocycles. The second-order valence-corrected chi connectivity index (χ2v) is 4.58. The Kier molecular flexibility index (Phi) is 3.18. The number of aliphatic carboxylic acids is 1. The molecule has 1 aliphatic rings. The molecule has 90 valence electrons. The van der Waals surface area contributed by atoms with Crippen LogP contribution in [0.5, 0.6) is 5.75 Å². The molecule has 1 aromatic rings. The van der Waals surface area contributed by atoms with Crippen LogP contribution in [0, 0.1) is 11.8 Å². The van der Waals surface area contributed by atoms with Gasteiger partial charge in [0.2, 0.25) is 0 Å². The van der Waals surface area contributed by atoms with Crippen LogP contribution in [-0.4, -0.2) is 16.2 Å². The zero-order valence-electron chi connectivity index (χ0n) is 9.76. The van der Waals surface area contributed by atoms with Crippen molar-refractivity contribution in [3.63, 3.8) is 0 Å². The molecule has 0 fully saturated rings. The number of hydrogen-bond acceptors (Lipinski definition) is 2. The van der Waals surface area contributed by atoms with Crippen molar-refractivity contribution in [1.29, 1.82) is 0 Å². The van der Waals surface area contributed by atoms with E-state index in [2.05, 4.69) is 0 Å². The van der Waals surface area contributed by atoms with E-state index in [0.717, 1.165) is 12.0 Å². The van der Waals surface area contributed by atoms with Crippen molar-refractivity contribution < 1.29 is 15.0 Å². The highest BCUT2D eigenvalue weighted by molar-refractivity contribution is 5.74. The summed E-state index contributed by atoms with van der Waals surface area (Å²) in [4.78, 5) is 11.0. The van der Waals surface area contributed by atoms with Gasteiger partial charge in [0, 0.05) is 0 Å². The van der Waals surface area contributed by atoms with Crippen molar-refractivity contribution in [3.8, 4) is 5.75 Å². The lowest BCUT2D eigenvalue weighted by molar-refractivity contribution is -0.143. The number of phenols is 1. The van der Waals surface area contributed by atoms with Gasteiger partial charge >= 0.3 is 5.97 Å². The van der Waals surface area contributed by atoms with Gasteiger partial charge in [0.15, 0.2) is 0 Å². The molecule has 0 radical (unpaired) electrons. The average Bonchev–Trinajstić information content (AvgIpc) is 2.29. The number of allylic oxidation sites excluding steroid dienone is 2. The fraction of sp³-hybridized carbons (Fsp3) is 0.357. The van der Waals surface area contributed by atoms with E-state index in [1.165, 1.54) is 5.57 Å². The number of carboxylic acid groups (broad SMARTS) is 1. The number of carboxylic acids is 1. The van der Waals surface area contributed by atoms with Crippen molar-refractivity contribution in [1.82, 2.24) is 0 Å². The van der Waals surface area contributed by atoms with Crippen LogP contribution in [0.1, 0.15) is 25.3 Å². The Morgan fingerprint density at radius 1 is 1.29 bits per heavy atom. The summed E-state index contributed by atoms with van der Waals surface area (Å²) in [6, 6.07) is 7.05. The maximum atomic E-state index is 11.0. The van der Waals surface area contributed by atoms with Crippen LogP contribution in [0.15, 0.2) is 30.3 Å². The Morgan fingerprint density at radius 3 is 2.47 bits per heavy atom. The molecular formula is C14H16O3. The second-order valence-electron chi connectivity index (χ2n) is 4.58. The van der Waals surface area contributed by atoms with Gasteiger partial charge in [-0.3, -0.25) is 4.79 Å². The maximum Gasteiger partial charge on any atom is 0.307 e. The fourth-order valence-corrected chi connectivity index (χ4v) is 2.36. The van der Waals surface area contributed by atoms with Crippen LogP contribution in [0.2, 0.25) is 0 Å². The largest absolute Gasteiger partial charge is 0.508 e. The summed E-state index contributed by atoms with van der Waals surface area (Å²) in [5.74, 6) is -0.666. The van der Waals surface area contributed by atoms with Gasteiger partial charge in [0.05, 0.1) is 5.92 Å². The Hall–Kier alpha value is -1.77. The highest BCUT2D eigenvalue weighted by Gasteiger charge is 2.27. The van der Waals surface area contributed by atoms with E-state index < -0.39 is 5.97 Å². The monoisotopic (exact) mass is 232 g/mol. The van der Waals surface area contributed by atoms with Gasteiger partial charge in [-0.15, -0.1) is 0 Å². The standard InChI is InChI=1S/C14H16O3/c1-9-8-11(4-7-13(9)14(16)17)10-2-5-12(15)6-3-10/h2-3,5-6,8-9,13,15H,4,7H2,1H3,(H,16,17)/t9-,13+/m0/s1. The molecule has 17 heavy (non-hydrogen) atoms. The van der Waals surface area contributed by atoms with Gasteiger partial charge in [-0.25, -0.2) is 0 Å². The lowest BCUT2D eigenvalue weighted by atomic mass is 9.80. The van der Waals surface area contributed by atoms with Gasteiger partial charge in [-0.2, -0.15) is 0 Å². The number of aromatic hydroxyl groups is 1. The summed E-state index contributed by atoms with van der Waals surface area (Å²) in [5, 5.41) is 18.3. The van der Waals surface area contributed by atoms with Crippen molar-refractivity contribution in [3.05, 3.63) is 35.9 Å². The molecule has 0 saturated carbocycles. The van der Waals surface area contributed by atoms with Crippen molar-refractivity contribution in [2.45, 2.75) is 19.8 Å². The molecule has 0 spiro atoms. The molecule has 0 aromatic heterocycles. The molecule has 0 bridgehead atoms. The minimum Gasteiger partial charge on any atom is -0.508 e. The minimum absolute atomic E-state index is 0.0602. The van der Waals surface area contributed by atoms with E-state index in [1.807, 2.05) is 25.1 Å². The third-order valence-corrected chi connectivity index (χ3v) is 3.38. The minimum atomic E-state index is -0.710. The van der Waals surface area contributed by atoms with E-state index in [-0.39, 0.29) is 17.6 Å². The van der Waals surface area contributed by atoms with Crippen LogP contribution in [0.3, 0.4) is 0 Å². The second kappa shape index (κ2) is 4.62. The lowest BCUT2D eigenvalue weighted by Gasteiger charge is -2.24. The number of benzene rings is 1. The van der Waals surface area contributed by atoms with E-state index in [9.17, 15) is 9.90 Å². The summed E-state index contributed by atoms with van der Waals surface area (Å²) < 4.78 is 0. The van der Waals surface area contributed by atoms with Gasteiger partial charge in [0.1, 0.15) is 5.75 Å². The molecule has 0 unspecified atom stereocenters. The highest BCUT2D eigenvalue weighted by Crippen LogP contribution is 2.34. The molecule has 3 nitrogen and oxygen atoms in total. The average molecular weight is 232 g/mol. The van der Waals surface area contributed by atoms with E-state index in [1.54, 1.807) is 12.1 Å². The first kappa shape index (κ1) is 11.7. The van der Waals surface area contributed by atoms with Crippen LogP contribution in [-0.2, 0) is 4.79 Å². The van der Waals surface area contributed by atoms with Crippen LogP contribution in [0.4, 0.5) is 0 Å². The Morgan fingerprint density at radius 2 is 1.94 bits per heavy atom. The molecule has 0 heterocycles. The Bertz CT molecular complexity index is 445. The number of hydrogen-bond donors (Lipinski definition) is 2. The van der Waals surface area contributed by atoms with E-state index in [4.69, 9.17) is 5.11 Å². The topological polar surface area (TPSA) is 57.5 Å². The summed E-state index contributed by atoms with van der Waals surface area (Å²) in [7, 11) is 0. The van der Waals surface area contributed by atoms with Gasteiger partial charge in [0.25, 0.3) is 0 Å². The summed E-state index contributed by atoms with van der Waals surface area (Å²) in [6.45, 7) is 1.94. The summed E-state index contributed by atoms with van der Waals surface area (Å²) >= 11 is 0.